The third-order valence-corrected chi connectivity index (χ3v) is 2.72. The average Bonchev–Trinajstić information content (AvgIpc) is 2.28. The van der Waals surface area contributed by atoms with Gasteiger partial charge in [0.1, 0.15) is 0 Å². The van der Waals surface area contributed by atoms with Gasteiger partial charge in [-0.1, -0.05) is 6.07 Å². The number of carbonyl (C=O) groups excluding carboxylic acids is 1. The summed E-state index contributed by atoms with van der Waals surface area (Å²) in [5, 5.41) is 0. The quantitative estimate of drug-likeness (QED) is 0.355. The molecule has 1 rings (SSSR count). The second-order valence-electron chi connectivity index (χ2n) is 2.75. The first-order valence-corrected chi connectivity index (χ1v) is 5.77. The minimum atomic E-state index is -0.320. The maximum absolute atomic E-state index is 11.6. The van der Waals surface area contributed by atoms with Crippen molar-refractivity contribution in [2.45, 2.75) is 11.8 Å². The van der Waals surface area contributed by atoms with E-state index in [1.165, 1.54) is 11.8 Å². The molecule has 0 bridgehead atoms. The summed E-state index contributed by atoms with van der Waals surface area (Å²) in [6.45, 7) is 2.15. The van der Waals surface area contributed by atoms with E-state index in [0.29, 0.717) is 12.2 Å². The number of nitrogens with one attached hydrogen (secondary N) is 1. The summed E-state index contributed by atoms with van der Waals surface area (Å²) in [6.07, 6.45) is 1.89. The van der Waals surface area contributed by atoms with Crippen LogP contribution in [0.15, 0.2) is 23.1 Å². The van der Waals surface area contributed by atoms with Gasteiger partial charge in [0, 0.05) is 4.90 Å². The molecule has 0 amide bonds. The van der Waals surface area contributed by atoms with E-state index in [4.69, 9.17) is 10.6 Å². The Hall–Kier alpha value is -1.20. The van der Waals surface area contributed by atoms with Crippen LogP contribution in [0.1, 0.15) is 17.3 Å². The summed E-state index contributed by atoms with van der Waals surface area (Å²) in [5.74, 6) is 5.03. The number of esters is 1. The number of hydrogen-bond acceptors (Lipinski definition) is 5. The van der Waals surface area contributed by atoms with Gasteiger partial charge in [-0.25, -0.2) is 4.79 Å². The number of benzene rings is 1. The van der Waals surface area contributed by atoms with Gasteiger partial charge in [0.2, 0.25) is 0 Å². The van der Waals surface area contributed by atoms with Crippen LogP contribution in [0, 0.1) is 0 Å². The van der Waals surface area contributed by atoms with Crippen molar-refractivity contribution in [2.75, 3.05) is 18.3 Å². The van der Waals surface area contributed by atoms with E-state index < -0.39 is 0 Å². The lowest BCUT2D eigenvalue weighted by molar-refractivity contribution is 0.0522. The third-order valence-electron chi connectivity index (χ3n) is 1.87. The first kappa shape index (κ1) is 11.9. The fourth-order valence-electron chi connectivity index (χ4n) is 1.24. The molecule has 0 heterocycles. The Labute approximate surface area is 93.1 Å². The van der Waals surface area contributed by atoms with Crippen LogP contribution >= 0.6 is 11.8 Å². The molecule has 1 aromatic rings. The van der Waals surface area contributed by atoms with E-state index in [0.717, 1.165) is 10.6 Å². The van der Waals surface area contributed by atoms with Gasteiger partial charge in [-0.15, -0.1) is 11.8 Å². The fourth-order valence-corrected chi connectivity index (χ4v) is 1.96. The smallest absolute Gasteiger partial charge is 0.339 e. The van der Waals surface area contributed by atoms with Gasteiger partial charge in [-0.05, 0) is 25.3 Å². The van der Waals surface area contributed by atoms with Crippen molar-refractivity contribution in [1.29, 1.82) is 0 Å². The number of nitrogens with two attached hydrogens (primary N) is 1. The molecule has 0 atom stereocenters. The molecular formula is C10H14N2O2S. The minimum absolute atomic E-state index is 0.320. The Morgan fingerprint density at radius 1 is 1.60 bits per heavy atom. The van der Waals surface area contributed by atoms with Crippen LogP contribution in [0.2, 0.25) is 0 Å². The molecule has 0 aliphatic rings. The Morgan fingerprint density at radius 2 is 2.33 bits per heavy atom. The van der Waals surface area contributed by atoms with Crippen LogP contribution in [0.25, 0.3) is 0 Å². The number of carbonyl (C=O) groups is 1. The van der Waals surface area contributed by atoms with E-state index in [1.54, 1.807) is 19.1 Å². The van der Waals surface area contributed by atoms with Crippen LogP contribution < -0.4 is 11.3 Å². The zero-order valence-corrected chi connectivity index (χ0v) is 9.56. The number of hydrazine groups is 1. The van der Waals surface area contributed by atoms with Crippen LogP contribution in [0.4, 0.5) is 5.69 Å². The van der Waals surface area contributed by atoms with E-state index in [-0.39, 0.29) is 5.97 Å². The second kappa shape index (κ2) is 5.63. The predicted molar refractivity (Wildman–Crippen MR) is 62.0 cm³/mol. The van der Waals surface area contributed by atoms with Gasteiger partial charge >= 0.3 is 5.97 Å². The van der Waals surface area contributed by atoms with Crippen molar-refractivity contribution in [2.24, 2.45) is 5.84 Å². The minimum Gasteiger partial charge on any atom is -0.462 e. The molecule has 0 aromatic heterocycles. The highest BCUT2D eigenvalue weighted by molar-refractivity contribution is 7.98. The van der Waals surface area contributed by atoms with Gasteiger partial charge in [0.25, 0.3) is 0 Å². The highest BCUT2D eigenvalue weighted by atomic mass is 32.2. The molecule has 0 unspecified atom stereocenters. The van der Waals surface area contributed by atoms with Crippen LogP contribution in [-0.2, 0) is 4.74 Å². The Kier molecular flexibility index (Phi) is 4.45. The normalized spacial score (nSPS) is 9.80. The maximum Gasteiger partial charge on any atom is 0.339 e. The Morgan fingerprint density at radius 3 is 2.87 bits per heavy atom. The molecule has 0 spiro atoms. The lowest BCUT2D eigenvalue weighted by Gasteiger charge is -2.11. The summed E-state index contributed by atoms with van der Waals surface area (Å²) >= 11 is 1.46. The summed E-state index contributed by atoms with van der Waals surface area (Å²) in [6, 6.07) is 5.31. The molecule has 1 aromatic carbocycles. The van der Waals surface area contributed by atoms with Gasteiger partial charge in [-0.2, -0.15) is 0 Å². The van der Waals surface area contributed by atoms with E-state index in [2.05, 4.69) is 5.43 Å². The van der Waals surface area contributed by atoms with Crippen molar-refractivity contribution < 1.29 is 9.53 Å². The summed E-state index contributed by atoms with van der Waals surface area (Å²) in [7, 11) is 0. The molecule has 0 radical (unpaired) electrons. The zero-order chi connectivity index (χ0) is 11.3. The van der Waals surface area contributed by atoms with Crippen molar-refractivity contribution in [3.8, 4) is 0 Å². The average molecular weight is 226 g/mol. The van der Waals surface area contributed by atoms with Crippen LogP contribution in [-0.4, -0.2) is 18.8 Å². The van der Waals surface area contributed by atoms with Crippen LogP contribution in [0.5, 0.6) is 0 Å². The van der Waals surface area contributed by atoms with Crippen LogP contribution in [0.3, 0.4) is 0 Å². The predicted octanol–water partition coefficient (Wildman–Crippen LogP) is 1.87. The maximum atomic E-state index is 11.6. The number of anilines is 1. The SMILES string of the molecule is CCOC(=O)c1cccc(NN)c1SC. The lowest BCUT2D eigenvalue weighted by atomic mass is 10.2. The highest BCUT2D eigenvalue weighted by Crippen LogP contribution is 2.29. The lowest BCUT2D eigenvalue weighted by Crippen LogP contribution is -2.11. The fraction of sp³-hybridized carbons (Fsp3) is 0.300. The van der Waals surface area contributed by atoms with Crippen molar-refractivity contribution >= 4 is 23.4 Å². The third kappa shape index (κ3) is 2.64. The molecule has 0 saturated carbocycles. The zero-order valence-electron chi connectivity index (χ0n) is 8.74. The summed E-state index contributed by atoms with van der Waals surface area (Å²) in [5.41, 5.74) is 3.83. The molecule has 0 aliphatic heterocycles. The van der Waals surface area contributed by atoms with Crippen molar-refractivity contribution in [3.05, 3.63) is 23.8 Å². The van der Waals surface area contributed by atoms with Crippen molar-refractivity contribution in [1.82, 2.24) is 0 Å². The van der Waals surface area contributed by atoms with Gasteiger partial charge < -0.3 is 10.2 Å². The Balaban J connectivity index is 3.11. The molecule has 0 saturated heterocycles. The van der Waals surface area contributed by atoms with Gasteiger partial charge in [0.05, 0.1) is 17.9 Å². The van der Waals surface area contributed by atoms with Gasteiger partial charge in [-0.3, -0.25) is 5.84 Å². The van der Waals surface area contributed by atoms with Gasteiger partial charge in [0.15, 0.2) is 0 Å². The standard InChI is InChI=1S/C10H14N2O2S/c1-3-14-10(13)7-5-4-6-8(12-11)9(7)15-2/h4-6,12H,3,11H2,1-2H3. The first-order valence-electron chi connectivity index (χ1n) is 4.55. The monoisotopic (exact) mass is 226 g/mol. The number of ether oxygens (including phenoxy) is 1. The molecule has 4 nitrogen and oxygen atoms in total. The molecule has 0 fully saturated rings. The topological polar surface area (TPSA) is 64.3 Å². The van der Waals surface area contributed by atoms with E-state index >= 15 is 0 Å². The molecule has 3 N–H and O–H groups in total. The largest absolute Gasteiger partial charge is 0.462 e. The summed E-state index contributed by atoms with van der Waals surface area (Å²) < 4.78 is 4.95. The molecular weight excluding hydrogens is 212 g/mol. The second-order valence-corrected chi connectivity index (χ2v) is 3.57. The number of hydrogen-bond donors (Lipinski definition) is 2. The first-order chi connectivity index (χ1) is 7.24. The highest BCUT2D eigenvalue weighted by Gasteiger charge is 2.14. The van der Waals surface area contributed by atoms with E-state index in [9.17, 15) is 4.79 Å². The molecule has 5 heteroatoms. The number of rotatable bonds is 4. The van der Waals surface area contributed by atoms with Crippen molar-refractivity contribution in [3.63, 3.8) is 0 Å². The summed E-state index contributed by atoms with van der Waals surface area (Å²) in [4.78, 5) is 12.4. The molecule has 82 valence electrons. The number of nitrogen functional groups attached to an aromatic ring is 1. The Bertz CT molecular complexity index is 355. The molecule has 0 aliphatic carbocycles. The van der Waals surface area contributed by atoms with E-state index in [1.807, 2.05) is 12.3 Å². The number of thioether (sulfide) groups is 1. The molecule has 15 heavy (non-hydrogen) atoms.